The van der Waals surface area contributed by atoms with Crippen LogP contribution in [0.4, 0.5) is 0 Å². The molecule has 1 saturated heterocycles. The van der Waals surface area contributed by atoms with Crippen LogP contribution in [0.5, 0.6) is 0 Å². The third-order valence-corrected chi connectivity index (χ3v) is 14.3. The number of alkyl halides is 1. The lowest BCUT2D eigenvalue weighted by Crippen LogP contribution is -2.27. The Morgan fingerprint density at radius 2 is 0.803 bits per heavy atom. The van der Waals surface area contributed by atoms with Crippen molar-refractivity contribution in [1.82, 2.24) is 9.80 Å². The number of likely N-dealkylation sites (tertiary alicyclic amines) is 1. The van der Waals surface area contributed by atoms with Gasteiger partial charge in [0.25, 0.3) is 6.47 Å². The highest BCUT2D eigenvalue weighted by Crippen LogP contribution is 2.20. The quantitative estimate of drug-likeness (QED) is 0.0194. The number of halogens is 1. The summed E-state index contributed by atoms with van der Waals surface area (Å²) in [5.41, 5.74) is 0. The molecule has 0 unspecified atom stereocenters. The second kappa shape index (κ2) is 73.3. The molecule has 10 heteroatoms. The van der Waals surface area contributed by atoms with Gasteiger partial charge in [0.15, 0.2) is 0 Å². The largest absolute Gasteiger partial charge is 0.468 e. The molecular formula is C66H133ClN2O7. The van der Waals surface area contributed by atoms with Crippen LogP contribution in [0.1, 0.15) is 338 Å². The molecule has 0 spiro atoms. The second-order valence-corrected chi connectivity index (χ2v) is 21.4. The number of unbranched alkanes of at least 4 members (excludes halogenated alkanes) is 27. The summed E-state index contributed by atoms with van der Waals surface area (Å²) in [4.78, 5) is 49.9. The van der Waals surface area contributed by atoms with Crippen molar-refractivity contribution in [1.29, 1.82) is 0 Å². The summed E-state index contributed by atoms with van der Waals surface area (Å²) in [5, 5.41) is 0. The van der Waals surface area contributed by atoms with E-state index in [1.165, 1.54) is 219 Å². The van der Waals surface area contributed by atoms with Crippen molar-refractivity contribution >= 4 is 36.3 Å². The number of rotatable bonds is 53. The zero-order valence-corrected chi connectivity index (χ0v) is 53.3. The minimum atomic E-state index is -0.0127. The van der Waals surface area contributed by atoms with Crippen LogP contribution in [0.2, 0.25) is 0 Å². The topological polar surface area (TPSA) is 102 Å². The highest BCUT2D eigenvalue weighted by atomic mass is 35.5. The van der Waals surface area contributed by atoms with Gasteiger partial charge in [0.2, 0.25) is 0 Å². The minimum Gasteiger partial charge on any atom is -0.468 e. The maximum absolute atomic E-state index is 12.4. The van der Waals surface area contributed by atoms with Crippen molar-refractivity contribution in [2.75, 3.05) is 52.3 Å². The minimum absolute atomic E-state index is 0.0127. The zero-order chi connectivity index (χ0) is 57.1. The van der Waals surface area contributed by atoms with E-state index in [2.05, 4.69) is 67.7 Å². The maximum atomic E-state index is 12.4. The normalized spacial score (nSPS) is 12.0. The zero-order valence-electron chi connectivity index (χ0n) is 52.5. The van der Waals surface area contributed by atoms with E-state index in [1.807, 2.05) is 13.8 Å². The molecular weight excluding hydrogens is 968 g/mol. The summed E-state index contributed by atoms with van der Waals surface area (Å²) in [6, 6.07) is 0. The molecule has 0 atom stereocenters. The SMILES string of the molecule is CC.CCCCCCCCC(CCCCCCCC)OC(=O)CCCCCCCOC=O.CCCCCCCCC(CCCCCCCC)OC(=O)CCCCCN1CCCC1.CCCCN(CCC)CCC=O.CCl. The molecule has 0 amide bonds. The molecule has 1 heterocycles. The lowest BCUT2D eigenvalue weighted by Gasteiger charge is -2.19. The first-order chi connectivity index (χ1) is 37.3. The first-order valence-corrected chi connectivity index (χ1v) is 33.8. The Morgan fingerprint density at radius 3 is 1.17 bits per heavy atom. The van der Waals surface area contributed by atoms with Crippen molar-refractivity contribution in [3.8, 4) is 0 Å². The molecule has 1 aliphatic heterocycles. The van der Waals surface area contributed by atoms with E-state index >= 15 is 0 Å². The van der Waals surface area contributed by atoms with Gasteiger partial charge in [0, 0.05) is 32.2 Å². The summed E-state index contributed by atoms with van der Waals surface area (Å²) < 4.78 is 16.5. The molecule has 0 aliphatic carbocycles. The highest BCUT2D eigenvalue weighted by Gasteiger charge is 2.16. The average Bonchev–Trinajstić information content (AvgIpc) is 3.97. The van der Waals surface area contributed by atoms with Crippen LogP contribution in [0.25, 0.3) is 0 Å². The first-order valence-electron chi connectivity index (χ1n) is 33.1. The van der Waals surface area contributed by atoms with Gasteiger partial charge < -0.3 is 28.8 Å². The summed E-state index contributed by atoms with van der Waals surface area (Å²) in [5.74, 6) is 0.0411. The Morgan fingerprint density at radius 1 is 0.447 bits per heavy atom. The Balaban J connectivity index is -0.000000533. The van der Waals surface area contributed by atoms with Crippen molar-refractivity contribution in [2.24, 2.45) is 0 Å². The molecule has 1 fully saturated rings. The van der Waals surface area contributed by atoms with Crippen LogP contribution in [-0.2, 0) is 33.4 Å². The molecule has 9 nitrogen and oxygen atoms in total. The number of carbonyl (C=O) groups is 4. The van der Waals surface area contributed by atoms with E-state index in [9.17, 15) is 19.2 Å². The monoisotopic (exact) mass is 1100 g/mol. The van der Waals surface area contributed by atoms with Crippen molar-refractivity contribution in [3.05, 3.63) is 0 Å². The van der Waals surface area contributed by atoms with E-state index in [0.29, 0.717) is 32.3 Å². The fourth-order valence-corrected chi connectivity index (χ4v) is 9.71. The van der Waals surface area contributed by atoms with E-state index < -0.39 is 0 Å². The van der Waals surface area contributed by atoms with Crippen LogP contribution >= 0.6 is 11.6 Å². The van der Waals surface area contributed by atoms with Crippen LogP contribution < -0.4 is 0 Å². The number of carbonyl (C=O) groups excluding carboxylic acids is 4. The number of hydrogen-bond acceptors (Lipinski definition) is 9. The van der Waals surface area contributed by atoms with Gasteiger partial charge in [-0.15, -0.1) is 11.6 Å². The summed E-state index contributed by atoms with van der Waals surface area (Å²) >= 11 is 4.64. The third-order valence-electron chi connectivity index (χ3n) is 14.3. The Hall–Kier alpha value is -1.71. The smallest absolute Gasteiger partial charge is 0.306 e. The lowest BCUT2D eigenvalue weighted by molar-refractivity contribution is -0.151. The highest BCUT2D eigenvalue weighted by molar-refractivity contribution is 6.15. The molecule has 0 N–H and O–H groups in total. The Bertz CT molecular complexity index is 1080. The molecule has 456 valence electrons. The molecule has 76 heavy (non-hydrogen) atoms. The van der Waals surface area contributed by atoms with Crippen LogP contribution in [0.3, 0.4) is 0 Å². The summed E-state index contributed by atoms with van der Waals surface area (Å²) in [7, 11) is 0. The van der Waals surface area contributed by atoms with Crippen LogP contribution in [0.15, 0.2) is 0 Å². The van der Waals surface area contributed by atoms with Crippen molar-refractivity contribution in [3.63, 3.8) is 0 Å². The lowest BCUT2D eigenvalue weighted by atomic mass is 10.0. The van der Waals surface area contributed by atoms with Gasteiger partial charge in [0.1, 0.15) is 18.5 Å². The number of hydrogen-bond donors (Lipinski definition) is 0. The van der Waals surface area contributed by atoms with Gasteiger partial charge in [-0.2, -0.15) is 0 Å². The molecule has 1 aliphatic rings. The van der Waals surface area contributed by atoms with Gasteiger partial charge in [-0.25, -0.2) is 0 Å². The molecule has 0 bridgehead atoms. The fourth-order valence-electron chi connectivity index (χ4n) is 9.71. The van der Waals surface area contributed by atoms with Gasteiger partial charge in [-0.05, 0) is 135 Å². The van der Waals surface area contributed by atoms with Gasteiger partial charge in [0.05, 0.1) is 6.61 Å². The maximum Gasteiger partial charge on any atom is 0.306 e. The number of nitrogens with zero attached hydrogens (tertiary/aromatic N) is 2. The van der Waals surface area contributed by atoms with Crippen molar-refractivity contribution in [2.45, 2.75) is 350 Å². The average molecular weight is 1100 g/mol. The van der Waals surface area contributed by atoms with E-state index in [-0.39, 0.29) is 24.1 Å². The predicted molar refractivity (Wildman–Crippen MR) is 331 cm³/mol. The second-order valence-electron chi connectivity index (χ2n) is 21.4. The van der Waals surface area contributed by atoms with Crippen molar-refractivity contribution < 1.29 is 33.4 Å². The molecule has 1 rings (SSSR count). The Kier molecular flexibility index (Phi) is 77.9. The molecule has 0 radical (unpaired) electrons. The number of ether oxygens (including phenoxy) is 3. The van der Waals surface area contributed by atoms with E-state index in [4.69, 9.17) is 9.47 Å². The molecule has 0 saturated carbocycles. The molecule has 0 aromatic heterocycles. The van der Waals surface area contributed by atoms with Gasteiger partial charge in [-0.3, -0.25) is 14.4 Å². The van der Waals surface area contributed by atoms with Crippen LogP contribution in [0, 0.1) is 0 Å². The third kappa shape index (κ3) is 66.6. The molecule has 0 aromatic carbocycles. The molecule has 0 aromatic rings. The Labute approximate surface area is 479 Å². The standard InChI is InChI=1S/C27H53NO2.C26H50O4.C10H21NO.C2H6.CH3Cl/c1-3-5-7-9-11-14-20-26(21-15-12-10-8-6-4-2)30-27(29)22-16-13-17-23-28-24-18-19-25-28;1-3-5-7-9-12-16-20-25(21-17-13-10-8-6-4-2)30-26(28)22-18-14-11-15-19-23-29-24-27;1-3-5-8-11(7-4-2)9-6-10-12;2*1-2/h26H,3-25H2,1-2H3;24-25H,3-23H2,1-2H3;10H,3-9H2,1-2H3;1-2H3;1H3. The van der Waals surface area contributed by atoms with Gasteiger partial charge >= 0.3 is 11.9 Å². The van der Waals surface area contributed by atoms with E-state index in [0.717, 1.165) is 96.5 Å². The predicted octanol–water partition coefficient (Wildman–Crippen LogP) is 19.9. The number of aldehydes is 1. The van der Waals surface area contributed by atoms with E-state index in [1.54, 1.807) is 0 Å². The summed E-state index contributed by atoms with van der Waals surface area (Å²) in [6.07, 6.45) is 54.7. The van der Waals surface area contributed by atoms with Gasteiger partial charge in [-0.1, -0.05) is 216 Å². The van der Waals surface area contributed by atoms with Crippen LogP contribution in [-0.4, -0.2) is 99.0 Å². The number of esters is 2. The first kappa shape index (κ1) is 80.8. The fraction of sp³-hybridized carbons (Fsp3) is 0.939. The summed E-state index contributed by atoms with van der Waals surface area (Å²) in [6.45, 7) is 25.4.